The number of amides is 1. The average Bonchev–Trinajstić information content (AvgIpc) is 2.84. The van der Waals surface area contributed by atoms with Crippen molar-refractivity contribution < 1.29 is 14.7 Å². The standard InChI is InChI=1S/C13H18N2O3S/c1-13(2,14-3)12(18)15-6-4-9-8(5-7-19-9)10(15)11(16)17/h5,7,10,14H,4,6H2,1-3H3,(H,16,17). The minimum absolute atomic E-state index is 0.181. The predicted molar refractivity (Wildman–Crippen MR) is 73.3 cm³/mol. The molecule has 0 saturated carbocycles. The Hall–Kier alpha value is -1.40. The molecule has 0 saturated heterocycles. The third-order valence-electron chi connectivity index (χ3n) is 3.62. The van der Waals surface area contributed by atoms with E-state index in [4.69, 9.17) is 0 Å². The maximum atomic E-state index is 12.5. The van der Waals surface area contributed by atoms with Gasteiger partial charge in [-0.05, 0) is 44.3 Å². The topological polar surface area (TPSA) is 69.6 Å². The third kappa shape index (κ3) is 2.37. The highest BCUT2D eigenvalue weighted by Crippen LogP contribution is 2.34. The van der Waals surface area contributed by atoms with E-state index in [0.717, 1.165) is 16.9 Å². The molecule has 0 radical (unpaired) electrons. The Morgan fingerprint density at radius 3 is 2.79 bits per heavy atom. The molecular formula is C13H18N2O3S. The summed E-state index contributed by atoms with van der Waals surface area (Å²) in [6, 6.07) is 0.944. The van der Waals surface area contributed by atoms with Crippen LogP contribution in [-0.2, 0) is 16.0 Å². The number of thiophene rings is 1. The van der Waals surface area contributed by atoms with E-state index in [-0.39, 0.29) is 5.91 Å². The molecule has 6 heteroatoms. The number of carbonyl (C=O) groups excluding carboxylic acids is 1. The lowest BCUT2D eigenvalue weighted by molar-refractivity contribution is -0.153. The number of rotatable bonds is 3. The second-order valence-corrected chi connectivity index (χ2v) is 6.16. The van der Waals surface area contributed by atoms with Crippen LogP contribution in [0.4, 0.5) is 0 Å². The van der Waals surface area contributed by atoms with Crippen molar-refractivity contribution in [3.8, 4) is 0 Å². The fourth-order valence-electron chi connectivity index (χ4n) is 2.27. The van der Waals surface area contributed by atoms with Crippen LogP contribution in [-0.4, -0.2) is 41.0 Å². The highest BCUT2D eigenvalue weighted by Gasteiger charge is 2.41. The van der Waals surface area contributed by atoms with Gasteiger partial charge in [0.1, 0.15) is 0 Å². The molecule has 1 unspecified atom stereocenters. The minimum atomic E-state index is -0.973. The number of aliphatic carboxylic acids is 1. The number of likely N-dealkylation sites (N-methyl/N-ethyl adjacent to an activating group) is 1. The first-order valence-electron chi connectivity index (χ1n) is 6.17. The molecule has 1 aliphatic rings. The van der Waals surface area contributed by atoms with Gasteiger partial charge in [0.15, 0.2) is 6.04 Å². The molecule has 5 nitrogen and oxygen atoms in total. The highest BCUT2D eigenvalue weighted by molar-refractivity contribution is 7.10. The molecule has 2 heterocycles. The number of nitrogens with zero attached hydrogens (tertiary/aromatic N) is 1. The lowest BCUT2D eigenvalue weighted by atomic mass is 9.95. The van der Waals surface area contributed by atoms with Crippen molar-refractivity contribution in [2.75, 3.05) is 13.6 Å². The largest absolute Gasteiger partial charge is 0.479 e. The van der Waals surface area contributed by atoms with Crippen molar-refractivity contribution in [3.05, 3.63) is 21.9 Å². The van der Waals surface area contributed by atoms with E-state index in [1.54, 1.807) is 32.2 Å². The van der Waals surface area contributed by atoms with Crippen LogP contribution in [0.15, 0.2) is 11.4 Å². The lowest BCUT2D eigenvalue weighted by Crippen LogP contribution is -2.56. The second kappa shape index (κ2) is 4.94. The summed E-state index contributed by atoms with van der Waals surface area (Å²) in [5.41, 5.74) is -0.00897. The fourth-order valence-corrected chi connectivity index (χ4v) is 3.17. The Labute approximate surface area is 116 Å². The van der Waals surface area contributed by atoms with Gasteiger partial charge < -0.3 is 15.3 Å². The molecular weight excluding hydrogens is 264 g/mol. The highest BCUT2D eigenvalue weighted by atomic mass is 32.1. The van der Waals surface area contributed by atoms with Crippen LogP contribution in [0.3, 0.4) is 0 Å². The summed E-state index contributed by atoms with van der Waals surface area (Å²) < 4.78 is 0. The van der Waals surface area contributed by atoms with E-state index < -0.39 is 17.6 Å². The second-order valence-electron chi connectivity index (χ2n) is 5.16. The molecule has 2 rings (SSSR count). The Morgan fingerprint density at radius 1 is 1.53 bits per heavy atom. The number of carboxylic acids is 1. The van der Waals surface area contributed by atoms with Crippen molar-refractivity contribution in [1.29, 1.82) is 0 Å². The predicted octanol–water partition coefficient (Wildman–Crippen LogP) is 1.26. The molecule has 0 fully saturated rings. The zero-order chi connectivity index (χ0) is 14.2. The molecule has 0 bridgehead atoms. The van der Waals surface area contributed by atoms with Crippen LogP contribution < -0.4 is 5.32 Å². The van der Waals surface area contributed by atoms with Crippen molar-refractivity contribution in [3.63, 3.8) is 0 Å². The van der Waals surface area contributed by atoms with Gasteiger partial charge in [-0.15, -0.1) is 11.3 Å². The molecule has 1 amide bonds. The normalized spacial score (nSPS) is 19.1. The van der Waals surface area contributed by atoms with E-state index in [0.29, 0.717) is 6.54 Å². The fraction of sp³-hybridized carbons (Fsp3) is 0.538. The first-order chi connectivity index (χ1) is 8.88. The Morgan fingerprint density at radius 2 is 2.21 bits per heavy atom. The molecule has 1 aromatic heterocycles. The summed E-state index contributed by atoms with van der Waals surface area (Å²) in [6.45, 7) is 3.98. The third-order valence-corrected chi connectivity index (χ3v) is 4.62. The Bertz CT molecular complexity index is 510. The van der Waals surface area contributed by atoms with Gasteiger partial charge in [-0.1, -0.05) is 0 Å². The van der Waals surface area contributed by atoms with E-state index >= 15 is 0 Å². The molecule has 104 valence electrons. The molecule has 0 aliphatic carbocycles. The monoisotopic (exact) mass is 282 g/mol. The van der Waals surface area contributed by atoms with Crippen molar-refractivity contribution >= 4 is 23.2 Å². The first kappa shape index (κ1) is 14.0. The minimum Gasteiger partial charge on any atom is -0.479 e. The van der Waals surface area contributed by atoms with Gasteiger partial charge in [0.2, 0.25) is 5.91 Å². The Balaban J connectivity index is 2.37. The number of hydrogen-bond donors (Lipinski definition) is 2. The van der Waals surface area contributed by atoms with Gasteiger partial charge in [0.25, 0.3) is 0 Å². The molecule has 0 aromatic carbocycles. The number of fused-ring (bicyclic) bond motifs is 1. The van der Waals surface area contributed by atoms with Crippen LogP contribution in [0.1, 0.15) is 30.3 Å². The van der Waals surface area contributed by atoms with Crippen LogP contribution in [0.2, 0.25) is 0 Å². The van der Waals surface area contributed by atoms with Gasteiger partial charge in [0, 0.05) is 11.4 Å². The number of carbonyl (C=O) groups is 2. The maximum Gasteiger partial charge on any atom is 0.331 e. The van der Waals surface area contributed by atoms with Crippen LogP contribution >= 0.6 is 11.3 Å². The summed E-state index contributed by atoms with van der Waals surface area (Å²) >= 11 is 1.56. The molecule has 1 atom stereocenters. The van der Waals surface area contributed by atoms with Crippen molar-refractivity contribution in [2.24, 2.45) is 0 Å². The summed E-state index contributed by atoms with van der Waals surface area (Å²) in [7, 11) is 1.70. The van der Waals surface area contributed by atoms with Crippen molar-refractivity contribution in [2.45, 2.75) is 31.8 Å². The summed E-state index contributed by atoms with van der Waals surface area (Å²) in [6.07, 6.45) is 0.725. The molecule has 0 spiro atoms. The van der Waals surface area contributed by atoms with Gasteiger partial charge in [-0.25, -0.2) is 4.79 Å². The van der Waals surface area contributed by atoms with E-state index in [1.807, 2.05) is 11.4 Å². The molecule has 1 aromatic rings. The Kier molecular flexibility index (Phi) is 3.64. The molecule has 1 aliphatic heterocycles. The first-order valence-corrected chi connectivity index (χ1v) is 7.05. The quantitative estimate of drug-likeness (QED) is 0.875. The zero-order valence-corrected chi connectivity index (χ0v) is 12.1. The van der Waals surface area contributed by atoms with Gasteiger partial charge in [-0.3, -0.25) is 4.79 Å². The van der Waals surface area contributed by atoms with Gasteiger partial charge >= 0.3 is 5.97 Å². The SMILES string of the molecule is CNC(C)(C)C(=O)N1CCc2sccc2C1C(=O)O. The molecule has 2 N–H and O–H groups in total. The zero-order valence-electron chi connectivity index (χ0n) is 11.3. The summed E-state index contributed by atoms with van der Waals surface area (Å²) in [4.78, 5) is 26.6. The molecule has 19 heavy (non-hydrogen) atoms. The average molecular weight is 282 g/mol. The van der Waals surface area contributed by atoms with Gasteiger partial charge in [-0.2, -0.15) is 0 Å². The van der Waals surface area contributed by atoms with E-state index in [1.165, 1.54) is 4.90 Å². The smallest absolute Gasteiger partial charge is 0.331 e. The summed E-state index contributed by atoms with van der Waals surface area (Å²) in [5.74, 6) is -1.15. The number of hydrogen-bond acceptors (Lipinski definition) is 4. The van der Waals surface area contributed by atoms with E-state index in [9.17, 15) is 14.7 Å². The maximum absolute atomic E-state index is 12.5. The van der Waals surface area contributed by atoms with Crippen molar-refractivity contribution in [1.82, 2.24) is 10.2 Å². The lowest BCUT2D eigenvalue weighted by Gasteiger charge is -2.38. The number of nitrogens with one attached hydrogen (secondary N) is 1. The van der Waals surface area contributed by atoms with Gasteiger partial charge in [0.05, 0.1) is 5.54 Å². The van der Waals surface area contributed by atoms with Crippen LogP contribution in [0.25, 0.3) is 0 Å². The van der Waals surface area contributed by atoms with E-state index in [2.05, 4.69) is 5.32 Å². The van der Waals surface area contributed by atoms with Crippen LogP contribution in [0, 0.1) is 0 Å². The van der Waals surface area contributed by atoms with Crippen LogP contribution in [0.5, 0.6) is 0 Å². The summed E-state index contributed by atoms with van der Waals surface area (Å²) in [5, 5.41) is 14.3. The number of carboxylic acid groups (broad SMARTS) is 1.